The molecule has 0 spiro atoms. The van der Waals surface area contributed by atoms with E-state index in [1.54, 1.807) is 29.3 Å². The average molecular weight is 769 g/mol. The van der Waals surface area contributed by atoms with E-state index in [2.05, 4.69) is 32.8 Å². The molecular weight excluding hydrogens is 726 g/mol. The van der Waals surface area contributed by atoms with E-state index in [0.717, 1.165) is 44.4 Å². The lowest BCUT2D eigenvalue weighted by molar-refractivity contribution is -0.137. The van der Waals surface area contributed by atoms with Crippen LogP contribution in [0.4, 0.5) is 14.6 Å². The summed E-state index contributed by atoms with van der Waals surface area (Å²) in [5.74, 6) is -0.405. The number of hydrogen-bond donors (Lipinski definition) is 0. The molecule has 11 nitrogen and oxygen atoms in total. The highest BCUT2D eigenvalue weighted by Gasteiger charge is 2.49. The first-order chi connectivity index (χ1) is 26.7. The van der Waals surface area contributed by atoms with Crippen molar-refractivity contribution >= 4 is 45.0 Å². The third-order valence-electron chi connectivity index (χ3n) is 12.4. The lowest BCUT2D eigenvalue weighted by atomic mass is 9.89. The van der Waals surface area contributed by atoms with Gasteiger partial charge in [-0.05, 0) is 44.2 Å². The van der Waals surface area contributed by atoms with Crippen molar-refractivity contribution in [2.24, 2.45) is 0 Å². The molecular formula is C41H43ClF2N8O3. The topological polar surface area (TPSA) is 111 Å². The van der Waals surface area contributed by atoms with Crippen LogP contribution in [0.5, 0.6) is 6.01 Å². The lowest BCUT2D eigenvalue weighted by Gasteiger charge is -2.54. The molecule has 3 unspecified atom stereocenters. The summed E-state index contributed by atoms with van der Waals surface area (Å²) in [6.45, 7) is 5.86. The number of morpholine rings is 1. The number of pyridine rings is 1. The summed E-state index contributed by atoms with van der Waals surface area (Å²) >= 11 is 6.65. The summed E-state index contributed by atoms with van der Waals surface area (Å²) in [7, 11) is 0. The predicted molar refractivity (Wildman–Crippen MR) is 205 cm³/mol. The molecule has 286 valence electrons. The fourth-order valence-corrected chi connectivity index (χ4v) is 10.0. The molecule has 9 rings (SSSR count). The van der Waals surface area contributed by atoms with Crippen LogP contribution in [-0.2, 0) is 9.53 Å². The highest BCUT2D eigenvalue weighted by atomic mass is 35.5. The fourth-order valence-electron chi connectivity index (χ4n) is 9.72. The number of ether oxygens (including phenoxy) is 2. The number of alkyl halides is 1. The van der Waals surface area contributed by atoms with Gasteiger partial charge in [0.2, 0.25) is 5.91 Å². The molecule has 2 bridgehead atoms. The SMILES string of the molecule is CC(/C=C/C(=O)N1CCN(c2nc(OC[C@@]34CCCN3C[C@H](F)C4)nc3c(F)c(-c4cccc5cccc(Cl)c45)ncc23)C[C@@H]1CC#N)N1C2COCC1C2. The molecule has 7 heterocycles. The van der Waals surface area contributed by atoms with Gasteiger partial charge in [-0.25, -0.2) is 8.78 Å². The Labute approximate surface area is 323 Å². The number of benzene rings is 2. The number of carbonyl (C=O) groups excluding carboxylic acids is 1. The van der Waals surface area contributed by atoms with Gasteiger partial charge in [-0.3, -0.25) is 19.6 Å². The van der Waals surface area contributed by atoms with Crippen LogP contribution < -0.4 is 9.64 Å². The maximum absolute atomic E-state index is 17.0. The number of piperazine rings is 1. The van der Waals surface area contributed by atoms with Gasteiger partial charge in [0.05, 0.1) is 42.7 Å². The van der Waals surface area contributed by atoms with Gasteiger partial charge in [0.1, 0.15) is 29.8 Å². The van der Waals surface area contributed by atoms with Gasteiger partial charge in [-0.15, -0.1) is 0 Å². The summed E-state index contributed by atoms with van der Waals surface area (Å²) in [4.78, 5) is 36.0. The van der Waals surface area contributed by atoms with Gasteiger partial charge in [-0.2, -0.15) is 15.2 Å². The fraction of sp³-hybridized carbons (Fsp3) is 0.488. The van der Waals surface area contributed by atoms with E-state index in [4.69, 9.17) is 26.1 Å². The second-order valence-electron chi connectivity index (χ2n) is 15.6. The summed E-state index contributed by atoms with van der Waals surface area (Å²) in [5, 5.41) is 12.2. The number of hydrogen-bond acceptors (Lipinski definition) is 10. The number of nitriles is 1. The minimum atomic E-state index is -0.935. The van der Waals surface area contributed by atoms with Gasteiger partial charge < -0.3 is 19.3 Å². The number of aromatic nitrogens is 3. The zero-order chi connectivity index (χ0) is 37.8. The number of anilines is 1. The van der Waals surface area contributed by atoms with Gasteiger partial charge in [0.25, 0.3) is 0 Å². The Kier molecular flexibility index (Phi) is 9.57. The van der Waals surface area contributed by atoms with Crippen molar-refractivity contribution in [1.29, 1.82) is 5.26 Å². The van der Waals surface area contributed by atoms with Crippen LogP contribution in [0.2, 0.25) is 5.02 Å². The molecule has 5 aliphatic heterocycles. The molecule has 5 aliphatic rings. The monoisotopic (exact) mass is 768 g/mol. The van der Waals surface area contributed by atoms with Crippen LogP contribution in [0.25, 0.3) is 32.9 Å². The molecule has 6 atom stereocenters. The van der Waals surface area contributed by atoms with Gasteiger partial charge >= 0.3 is 6.01 Å². The largest absolute Gasteiger partial charge is 0.461 e. The molecule has 55 heavy (non-hydrogen) atoms. The van der Waals surface area contributed by atoms with Crippen molar-refractivity contribution in [1.82, 2.24) is 29.7 Å². The van der Waals surface area contributed by atoms with Crippen LogP contribution in [0, 0.1) is 17.1 Å². The Balaban J connectivity index is 1.04. The predicted octanol–water partition coefficient (Wildman–Crippen LogP) is 5.94. The number of fused-ring (bicyclic) bond motifs is 5. The van der Waals surface area contributed by atoms with Crippen molar-refractivity contribution in [2.45, 2.75) is 74.9 Å². The zero-order valence-electron chi connectivity index (χ0n) is 30.7. The number of amides is 1. The van der Waals surface area contributed by atoms with E-state index in [1.165, 1.54) is 0 Å². The van der Waals surface area contributed by atoms with Gasteiger partial charge in [-0.1, -0.05) is 48.0 Å². The molecule has 2 aromatic carbocycles. The second-order valence-corrected chi connectivity index (χ2v) is 16.0. The minimum absolute atomic E-state index is 0.0218. The average Bonchev–Trinajstić information content (AvgIpc) is 3.72. The summed E-state index contributed by atoms with van der Waals surface area (Å²) in [6.07, 6.45) is 7.54. The van der Waals surface area contributed by atoms with Crippen LogP contribution in [0.3, 0.4) is 0 Å². The smallest absolute Gasteiger partial charge is 0.319 e. The zero-order valence-corrected chi connectivity index (χ0v) is 31.5. The Bertz CT molecular complexity index is 2200. The Morgan fingerprint density at radius 2 is 1.98 bits per heavy atom. The van der Waals surface area contributed by atoms with Crippen molar-refractivity contribution in [3.63, 3.8) is 0 Å². The van der Waals surface area contributed by atoms with Crippen LogP contribution in [0.1, 0.15) is 39.0 Å². The first-order valence-corrected chi connectivity index (χ1v) is 19.6. The minimum Gasteiger partial charge on any atom is -0.461 e. The highest BCUT2D eigenvalue weighted by molar-refractivity contribution is 6.36. The molecule has 4 aromatic rings. The maximum atomic E-state index is 17.0. The number of halogens is 3. The maximum Gasteiger partial charge on any atom is 0.319 e. The first kappa shape index (κ1) is 36.2. The molecule has 0 radical (unpaired) electrons. The number of nitrogens with zero attached hydrogens (tertiary/aromatic N) is 8. The molecule has 0 saturated carbocycles. The van der Waals surface area contributed by atoms with Crippen LogP contribution >= 0.6 is 11.6 Å². The lowest BCUT2D eigenvalue weighted by Crippen LogP contribution is -2.66. The Morgan fingerprint density at radius 3 is 2.78 bits per heavy atom. The number of rotatable bonds is 9. The summed E-state index contributed by atoms with van der Waals surface area (Å²) in [6, 6.07) is 13.7. The Morgan fingerprint density at radius 1 is 1.16 bits per heavy atom. The quantitative estimate of drug-likeness (QED) is 0.190. The van der Waals surface area contributed by atoms with Crippen molar-refractivity contribution in [3.05, 3.63) is 65.6 Å². The molecule has 1 amide bonds. The first-order valence-electron chi connectivity index (χ1n) is 19.2. The second kappa shape index (κ2) is 14.5. The Hall–Kier alpha value is -4.48. The highest BCUT2D eigenvalue weighted by Crippen LogP contribution is 2.42. The van der Waals surface area contributed by atoms with E-state index in [0.29, 0.717) is 65.3 Å². The van der Waals surface area contributed by atoms with Crippen molar-refractivity contribution < 1.29 is 23.0 Å². The van der Waals surface area contributed by atoms with Crippen LogP contribution in [-0.4, -0.2) is 124 Å². The van der Waals surface area contributed by atoms with E-state index < -0.39 is 23.6 Å². The van der Waals surface area contributed by atoms with E-state index in [1.807, 2.05) is 35.2 Å². The van der Waals surface area contributed by atoms with Gasteiger partial charge in [0.15, 0.2) is 5.82 Å². The summed E-state index contributed by atoms with van der Waals surface area (Å²) < 4.78 is 43.6. The number of carbonyl (C=O) groups is 1. The molecule has 0 aliphatic carbocycles. The summed E-state index contributed by atoms with van der Waals surface area (Å²) in [5.41, 5.74) is 0.181. The standard InChI is InChI=1S/C41H43ClF2N8O3/c1-25(52-29-17-30(52)23-54-22-29)9-10-34(53)51-16-15-49(21-28(51)11-13-45)39-32-19-46-37(31-7-2-5-26-6-3-8-33(42)35(26)31)36(44)38(32)47-40(48-39)55-24-41-12-4-14-50(41)20-27(43)18-41/h2-3,5-10,19,25,27-30H,4,11-12,14-18,20-24H2,1H3/b10-9+/t25?,27-,28+,29?,30?,41+/m1/s1. The molecule has 0 N–H and O–H groups in total. The molecule has 5 fully saturated rings. The molecule has 5 saturated heterocycles. The third kappa shape index (κ3) is 6.46. The van der Waals surface area contributed by atoms with Crippen molar-refractivity contribution in [2.75, 3.05) is 57.4 Å². The van der Waals surface area contributed by atoms with Gasteiger partial charge in [0, 0.05) is 79.0 Å². The molecule has 14 heteroatoms. The van der Waals surface area contributed by atoms with Crippen molar-refractivity contribution in [3.8, 4) is 23.3 Å². The van der Waals surface area contributed by atoms with E-state index in [-0.39, 0.29) is 48.7 Å². The van der Waals surface area contributed by atoms with E-state index >= 15 is 4.39 Å². The van der Waals surface area contributed by atoms with Crippen LogP contribution in [0.15, 0.2) is 54.7 Å². The molecule has 2 aromatic heterocycles. The normalized spacial score (nSPS) is 27.4. The third-order valence-corrected chi connectivity index (χ3v) is 12.7. The van der Waals surface area contributed by atoms with E-state index in [9.17, 15) is 14.4 Å².